The van der Waals surface area contributed by atoms with Gasteiger partial charge in [0.2, 0.25) is 0 Å². The van der Waals surface area contributed by atoms with Gasteiger partial charge in [-0.05, 0) is 43.5 Å². The zero-order valence-electron chi connectivity index (χ0n) is 19.9. The quantitative estimate of drug-likeness (QED) is 0.394. The van der Waals surface area contributed by atoms with Crippen molar-refractivity contribution < 1.29 is 12.6 Å². The van der Waals surface area contributed by atoms with E-state index in [0.717, 1.165) is 42.3 Å². The van der Waals surface area contributed by atoms with Crippen LogP contribution < -0.4 is 15.4 Å². The minimum Gasteiger partial charge on any atom is -0.361 e. The lowest BCUT2D eigenvalue weighted by Crippen LogP contribution is -2.38. The molecule has 11 nitrogen and oxygen atoms in total. The highest BCUT2D eigenvalue weighted by molar-refractivity contribution is 7.86. The summed E-state index contributed by atoms with van der Waals surface area (Å²) in [5, 5.41) is 1.26. The fraction of sp³-hybridized carbons (Fsp3) is 0.435. The largest absolute Gasteiger partial charge is 0.361 e. The van der Waals surface area contributed by atoms with Crippen LogP contribution in [-0.2, 0) is 30.8 Å². The first-order valence-corrected chi connectivity index (χ1v) is 13.3. The molecule has 0 atom stereocenters. The fourth-order valence-electron chi connectivity index (χ4n) is 4.97. The predicted octanol–water partition coefficient (Wildman–Crippen LogP) is 1.13. The third-order valence-electron chi connectivity index (χ3n) is 6.83. The normalized spacial score (nSPS) is 15.9. The Balaban J connectivity index is 1.38. The summed E-state index contributed by atoms with van der Waals surface area (Å²) in [6.07, 6.45) is 5.02. The van der Waals surface area contributed by atoms with Crippen LogP contribution in [0.5, 0.6) is 6.01 Å². The molecule has 186 valence electrons. The highest BCUT2D eigenvalue weighted by atomic mass is 32.2. The minimum atomic E-state index is -3.88. The van der Waals surface area contributed by atoms with Crippen LogP contribution in [0.3, 0.4) is 0 Å². The van der Waals surface area contributed by atoms with Gasteiger partial charge in [-0.25, -0.2) is 4.79 Å². The van der Waals surface area contributed by atoms with Crippen LogP contribution in [0, 0.1) is 0 Å². The van der Waals surface area contributed by atoms with Gasteiger partial charge in [0.05, 0.1) is 6.26 Å². The molecule has 4 heterocycles. The summed E-state index contributed by atoms with van der Waals surface area (Å²) in [7, 11) is -1.01. The topological polar surface area (TPSA) is 124 Å². The molecule has 0 bridgehead atoms. The lowest BCUT2D eigenvalue weighted by molar-refractivity contribution is 0.205. The summed E-state index contributed by atoms with van der Waals surface area (Å²) in [5.74, 6) is 0.461. The third-order valence-corrected chi connectivity index (χ3v) is 7.28. The van der Waals surface area contributed by atoms with Crippen LogP contribution in [0.1, 0.15) is 24.3 Å². The van der Waals surface area contributed by atoms with Gasteiger partial charge >= 0.3 is 21.8 Å². The van der Waals surface area contributed by atoms with Crippen LogP contribution >= 0.6 is 0 Å². The van der Waals surface area contributed by atoms with Gasteiger partial charge in [0.1, 0.15) is 0 Å². The second kappa shape index (κ2) is 8.68. The number of aromatic nitrogens is 5. The van der Waals surface area contributed by atoms with Crippen LogP contribution in [0.25, 0.3) is 22.1 Å². The highest BCUT2D eigenvalue weighted by Gasteiger charge is 2.25. The Morgan fingerprint density at radius 3 is 2.51 bits per heavy atom. The van der Waals surface area contributed by atoms with Gasteiger partial charge < -0.3 is 14.1 Å². The molecule has 1 aliphatic rings. The summed E-state index contributed by atoms with van der Waals surface area (Å²) in [5.41, 5.74) is 1.63. The molecule has 1 fully saturated rings. The average Bonchev–Trinajstić information content (AvgIpc) is 3.41. The van der Waals surface area contributed by atoms with E-state index in [4.69, 9.17) is 4.18 Å². The maximum Gasteiger partial charge on any atom is 0.332 e. The van der Waals surface area contributed by atoms with Crippen molar-refractivity contribution in [2.75, 3.05) is 25.9 Å². The first kappa shape index (κ1) is 23.4. The summed E-state index contributed by atoms with van der Waals surface area (Å²) in [4.78, 5) is 35.1. The lowest BCUT2D eigenvalue weighted by atomic mass is 9.89. The molecule has 1 saturated heterocycles. The van der Waals surface area contributed by atoms with E-state index >= 15 is 0 Å². The first-order valence-electron chi connectivity index (χ1n) is 11.5. The Morgan fingerprint density at radius 2 is 1.80 bits per heavy atom. The zero-order valence-corrected chi connectivity index (χ0v) is 20.7. The van der Waals surface area contributed by atoms with Crippen LogP contribution in [0.4, 0.5) is 0 Å². The molecule has 35 heavy (non-hydrogen) atoms. The molecule has 12 heteroatoms. The number of piperidine rings is 1. The van der Waals surface area contributed by atoms with Crippen LogP contribution in [0.2, 0.25) is 0 Å². The molecule has 1 aliphatic heterocycles. The number of hydrogen-bond donors (Lipinski definition) is 1. The molecule has 4 aromatic rings. The molecule has 0 aliphatic carbocycles. The first-order chi connectivity index (χ1) is 16.6. The molecule has 0 amide bonds. The van der Waals surface area contributed by atoms with Gasteiger partial charge in [-0.3, -0.25) is 18.5 Å². The number of fused-ring (bicyclic) bond motifs is 2. The number of H-pyrrole nitrogens is 1. The maximum absolute atomic E-state index is 12.9. The third kappa shape index (κ3) is 4.27. The maximum atomic E-state index is 12.9. The molecule has 0 radical (unpaired) electrons. The summed E-state index contributed by atoms with van der Waals surface area (Å²) in [6.45, 7) is 2.62. The Kier molecular flexibility index (Phi) is 5.80. The van der Waals surface area contributed by atoms with E-state index in [-0.39, 0.29) is 17.2 Å². The molecule has 5 rings (SSSR count). The summed E-state index contributed by atoms with van der Waals surface area (Å²) in [6, 6.07) is 8.10. The molecule has 3 aromatic heterocycles. The number of imidazole rings is 1. The molecule has 0 spiro atoms. The van der Waals surface area contributed by atoms with Gasteiger partial charge in [0.15, 0.2) is 11.2 Å². The number of likely N-dealkylation sites (tertiary alicyclic amines) is 1. The smallest absolute Gasteiger partial charge is 0.332 e. The zero-order chi connectivity index (χ0) is 24.9. The average molecular weight is 501 g/mol. The second-order valence-corrected chi connectivity index (χ2v) is 10.7. The van der Waals surface area contributed by atoms with E-state index in [1.807, 2.05) is 6.07 Å². The Morgan fingerprint density at radius 1 is 1.09 bits per heavy atom. The Hall–Kier alpha value is -3.38. The SMILES string of the molecule is Cn1c(=O)c2c(nc(OS(C)(=O)=O)n2CCN2CCC(c3c[nH]c4ccccc34)CC2)n(C)c1=O. The van der Waals surface area contributed by atoms with Crippen molar-refractivity contribution in [3.8, 4) is 6.01 Å². The molecule has 1 N–H and O–H groups in total. The second-order valence-electron chi connectivity index (χ2n) is 9.12. The molecule has 0 unspecified atom stereocenters. The Labute approximate surface area is 201 Å². The van der Waals surface area contributed by atoms with Gasteiger partial charge in [-0.15, -0.1) is 0 Å². The van der Waals surface area contributed by atoms with E-state index in [9.17, 15) is 18.0 Å². The summed E-state index contributed by atoms with van der Waals surface area (Å²) >= 11 is 0. The number of hydrogen-bond acceptors (Lipinski definition) is 7. The van der Waals surface area contributed by atoms with Gasteiger partial charge in [-0.2, -0.15) is 13.4 Å². The van der Waals surface area contributed by atoms with Crippen molar-refractivity contribution in [1.82, 2.24) is 28.6 Å². The van der Waals surface area contributed by atoms with E-state index in [1.165, 1.54) is 34.2 Å². The molecular weight excluding hydrogens is 472 g/mol. The van der Waals surface area contributed by atoms with Crippen molar-refractivity contribution in [2.45, 2.75) is 25.3 Å². The van der Waals surface area contributed by atoms with Gasteiger partial charge in [-0.1, -0.05) is 18.2 Å². The predicted molar refractivity (Wildman–Crippen MR) is 132 cm³/mol. The highest BCUT2D eigenvalue weighted by Crippen LogP contribution is 2.33. The number of rotatable bonds is 6. The van der Waals surface area contributed by atoms with Crippen molar-refractivity contribution >= 4 is 32.2 Å². The van der Waals surface area contributed by atoms with E-state index < -0.39 is 21.4 Å². The monoisotopic (exact) mass is 500 g/mol. The van der Waals surface area contributed by atoms with E-state index in [0.29, 0.717) is 19.0 Å². The fourth-order valence-corrected chi connectivity index (χ4v) is 5.37. The number of para-hydroxylation sites is 1. The lowest BCUT2D eigenvalue weighted by Gasteiger charge is -2.32. The number of nitrogens with one attached hydrogen (secondary N) is 1. The number of aromatic amines is 1. The van der Waals surface area contributed by atoms with Gasteiger partial charge in [0.25, 0.3) is 5.56 Å². The van der Waals surface area contributed by atoms with Gasteiger partial charge in [0, 0.05) is 44.3 Å². The van der Waals surface area contributed by atoms with Crippen molar-refractivity contribution in [1.29, 1.82) is 0 Å². The number of aryl methyl sites for hydroxylation is 1. The van der Waals surface area contributed by atoms with Crippen molar-refractivity contribution in [2.24, 2.45) is 14.1 Å². The van der Waals surface area contributed by atoms with E-state index in [2.05, 4.69) is 39.3 Å². The van der Waals surface area contributed by atoms with Crippen molar-refractivity contribution in [3.05, 3.63) is 56.9 Å². The van der Waals surface area contributed by atoms with Crippen LogP contribution in [-0.4, -0.2) is 62.9 Å². The van der Waals surface area contributed by atoms with Crippen LogP contribution in [0.15, 0.2) is 40.1 Å². The number of nitrogens with zero attached hydrogens (tertiary/aromatic N) is 5. The standard InChI is InChI=1S/C23H28N6O5S/c1-26-20-19(21(30)27(2)23(26)31)29(22(25-20)34-35(3,32)33)13-12-28-10-8-15(9-11-28)17-14-24-18-7-5-4-6-16(17)18/h4-7,14-15,24H,8-13H2,1-3H3. The molecular formula is C23H28N6O5S. The Bertz CT molecular complexity index is 1640. The molecule has 1 aromatic carbocycles. The number of benzene rings is 1. The summed E-state index contributed by atoms with van der Waals surface area (Å²) < 4.78 is 32.4. The molecule has 0 saturated carbocycles. The van der Waals surface area contributed by atoms with Crippen molar-refractivity contribution in [3.63, 3.8) is 0 Å². The van der Waals surface area contributed by atoms with E-state index in [1.54, 1.807) is 0 Å². The minimum absolute atomic E-state index is 0.0924.